The molecule has 0 aliphatic rings. The number of halogens is 2. The van der Waals surface area contributed by atoms with E-state index in [9.17, 15) is 8.78 Å². The smallest absolute Gasteiger partial charge is 0.263 e. The Bertz CT molecular complexity index is 697. The number of aryl methyl sites for hydroxylation is 1. The van der Waals surface area contributed by atoms with Crippen LogP contribution in [-0.2, 0) is 0 Å². The van der Waals surface area contributed by atoms with Gasteiger partial charge in [0.05, 0.1) is 17.1 Å². The molecule has 1 aromatic heterocycles. The quantitative estimate of drug-likeness (QED) is 0.623. The van der Waals surface area contributed by atoms with Crippen molar-refractivity contribution in [3.63, 3.8) is 0 Å². The van der Waals surface area contributed by atoms with Crippen molar-refractivity contribution in [2.75, 3.05) is 11.6 Å². The van der Waals surface area contributed by atoms with E-state index < -0.39 is 6.43 Å². The summed E-state index contributed by atoms with van der Waals surface area (Å²) in [5.74, 6) is 6.38. The lowest BCUT2D eigenvalue weighted by atomic mass is 10.2. The molecule has 0 saturated heterocycles. The van der Waals surface area contributed by atoms with Gasteiger partial charge >= 0.3 is 0 Å². The van der Waals surface area contributed by atoms with Crippen LogP contribution in [0.2, 0.25) is 0 Å². The molecule has 2 rings (SSSR count). The predicted octanol–water partition coefficient (Wildman–Crippen LogP) is 2.67. The van der Waals surface area contributed by atoms with Gasteiger partial charge in [0.1, 0.15) is 6.61 Å². The van der Waals surface area contributed by atoms with Crippen molar-refractivity contribution in [1.29, 1.82) is 0 Å². The number of hydrogen-bond donors (Lipinski definition) is 2. The second kappa shape index (κ2) is 7.69. The summed E-state index contributed by atoms with van der Waals surface area (Å²) in [6.45, 7) is 3.55. The van der Waals surface area contributed by atoms with Gasteiger partial charge in [-0.1, -0.05) is 12.1 Å². The van der Waals surface area contributed by atoms with Gasteiger partial charge in [0.25, 0.3) is 6.43 Å². The molecule has 0 aliphatic carbocycles. The highest BCUT2D eigenvalue weighted by Gasteiger charge is 2.13. The van der Waals surface area contributed by atoms with Gasteiger partial charge in [-0.2, -0.15) is 5.10 Å². The molecule has 0 aliphatic heterocycles. The Balaban J connectivity index is 2.12. The molecule has 0 amide bonds. The van der Waals surface area contributed by atoms with E-state index in [0.717, 1.165) is 5.69 Å². The topological polar surface area (TPSA) is 90.3 Å². The number of ether oxygens (including phenoxy) is 1. The Labute approximate surface area is 138 Å². The molecule has 8 heteroatoms. The lowest BCUT2D eigenvalue weighted by Gasteiger charge is -2.23. The Morgan fingerprint density at radius 2 is 1.83 bits per heavy atom. The van der Waals surface area contributed by atoms with Gasteiger partial charge in [-0.15, -0.1) is 5.10 Å². The van der Waals surface area contributed by atoms with Crippen LogP contribution in [0.25, 0.3) is 0 Å². The van der Waals surface area contributed by atoms with E-state index in [1.807, 2.05) is 6.92 Å². The second-order valence-electron chi connectivity index (χ2n) is 5.19. The number of nitrogens with zero attached hydrogens (tertiary/aromatic N) is 3. The van der Waals surface area contributed by atoms with Crippen molar-refractivity contribution in [2.24, 2.45) is 11.6 Å². The van der Waals surface area contributed by atoms with Gasteiger partial charge in [-0.3, -0.25) is 5.01 Å². The van der Waals surface area contributed by atoms with Crippen LogP contribution in [0.15, 0.2) is 47.8 Å². The van der Waals surface area contributed by atoms with E-state index >= 15 is 0 Å². The Morgan fingerprint density at radius 3 is 2.33 bits per heavy atom. The molecule has 4 N–H and O–H groups in total. The third kappa shape index (κ3) is 4.39. The number of nitrogens with two attached hydrogens (primary N) is 2. The van der Waals surface area contributed by atoms with Crippen molar-refractivity contribution in [1.82, 2.24) is 10.2 Å². The number of rotatable bonds is 6. The summed E-state index contributed by atoms with van der Waals surface area (Å²) in [5, 5.41) is 9.09. The Morgan fingerprint density at radius 1 is 1.17 bits per heavy atom. The first-order valence-corrected chi connectivity index (χ1v) is 7.19. The minimum atomic E-state index is -2.53. The molecular weight excluding hydrogens is 316 g/mol. The first-order chi connectivity index (χ1) is 11.4. The fraction of sp³-hybridized carbons (Fsp3) is 0.250. The Kier molecular flexibility index (Phi) is 5.64. The van der Waals surface area contributed by atoms with Gasteiger partial charge < -0.3 is 10.5 Å². The molecule has 1 heterocycles. The van der Waals surface area contributed by atoms with Crippen molar-refractivity contribution >= 4 is 5.69 Å². The van der Waals surface area contributed by atoms with Crippen molar-refractivity contribution in [2.45, 2.75) is 20.3 Å². The molecule has 0 atom stereocenters. The monoisotopic (exact) mass is 335 g/mol. The maximum atomic E-state index is 12.6. The number of hydrazine groups is 1. The molecule has 0 spiro atoms. The van der Waals surface area contributed by atoms with E-state index in [0.29, 0.717) is 23.0 Å². The molecule has 24 heavy (non-hydrogen) atoms. The van der Waals surface area contributed by atoms with E-state index in [1.165, 1.54) is 29.3 Å². The third-order valence-electron chi connectivity index (χ3n) is 3.30. The average molecular weight is 335 g/mol. The number of hydrogen-bond acceptors (Lipinski definition) is 6. The van der Waals surface area contributed by atoms with E-state index in [1.54, 1.807) is 19.1 Å². The third-order valence-corrected chi connectivity index (χ3v) is 3.30. The zero-order valence-corrected chi connectivity index (χ0v) is 13.4. The maximum Gasteiger partial charge on any atom is 0.263 e. The van der Waals surface area contributed by atoms with Crippen LogP contribution in [0.5, 0.6) is 5.88 Å². The molecule has 0 bridgehead atoms. The van der Waals surface area contributed by atoms with Crippen LogP contribution in [0.1, 0.15) is 24.6 Å². The Hall–Kier alpha value is -2.74. The minimum absolute atomic E-state index is 0.0627. The second-order valence-corrected chi connectivity index (χ2v) is 5.19. The van der Waals surface area contributed by atoms with Crippen LogP contribution in [0, 0.1) is 6.92 Å². The fourth-order valence-corrected chi connectivity index (χ4v) is 1.92. The first-order valence-electron chi connectivity index (χ1n) is 7.19. The summed E-state index contributed by atoms with van der Waals surface area (Å²) >= 11 is 0. The number of allylic oxidation sites excluding steroid dienone is 1. The van der Waals surface area contributed by atoms with Crippen LogP contribution >= 0.6 is 0 Å². The molecule has 0 saturated carbocycles. The van der Waals surface area contributed by atoms with Gasteiger partial charge in [-0.25, -0.2) is 14.6 Å². The van der Waals surface area contributed by atoms with Crippen LogP contribution in [-0.4, -0.2) is 16.8 Å². The van der Waals surface area contributed by atoms with Crippen LogP contribution in [0.4, 0.5) is 14.5 Å². The number of benzene rings is 1. The summed E-state index contributed by atoms with van der Waals surface area (Å²) in [6, 6.07) is 9.08. The molecule has 2 aromatic rings. The SMILES string of the molecule is C/C(N)=C(\COc1ccc(C)nn1)N(N)c1ccc(C(F)F)cc1. The largest absolute Gasteiger partial charge is 0.470 e. The molecule has 0 unspecified atom stereocenters. The predicted molar refractivity (Wildman–Crippen MR) is 87.2 cm³/mol. The highest BCUT2D eigenvalue weighted by molar-refractivity contribution is 5.52. The minimum Gasteiger partial charge on any atom is -0.470 e. The lowest BCUT2D eigenvalue weighted by Crippen LogP contribution is -2.35. The van der Waals surface area contributed by atoms with E-state index in [2.05, 4.69) is 10.2 Å². The molecule has 128 valence electrons. The highest BCUT2D eigenvalue weighted by Crippen LogP contribution is 2.23. The molecule has 6 nitrogen and oxygen atoms in total. The average Bonchev–Trinajstić information content (AvgIpc) is 2.56. The van der Waals surface area contributed by atoms with Crippen LogP contribution < -0.4 is 21.3 Å². The summed E-state index contributed by atoms with van der Waals surface area (Å²) in [5.41, 5.74) is 8.00. The highest BCUT2D eigenvalue weighted by atomic mass is 19.3. The van der Waals surface area contributed by atoms with Gasteiger partial charge in [0.2, 0.25) is 5.88 Å². The zero-order valence-electron chi connectivity index (χ0n) is 13.4. The number of alkyl halides is 2. The maximum absolute atomic E-state index is 12.6. The first kappa shape index (κ1) is 17.6. The number of aromatic nitrogens is 2. The van der Waals surface area contributed by atoms with E-state index in [4.69, 9.17) is 16.3 Å². The molecule has 0 fully saturated rings. The van der Waals surface area contributed by atoms with Crippen molar-refractivity contribution in [3.05, 3.63) is 59.0 Å². The van der Waals surface area contributed by atoms with Crippen molar-refractivity contribution < 1.29 is 13.5 Å². The summed E-state index contributed by atoms with van der Waals surface area (Å²) in [4.78, 5) is 0. The molecule has 1 aromatic carbocycles. The molecular formula is C16H19F2N5O. The van der Waals surface area contributed by atoms with Crippen LogP contribution in [0.3, 0.4) is 0 Å². The lowest BCUT2D eigenvalue weighted by molar-refractivity contribution is 0.151. The van der Waals surface area contributed by atoms with Gasteiger partial charge in [0, 0.05) is 17.3 Å². The normalized spacial score (nSPS) is 12.1. The van der Waals surface area contributed by atoms with E-state index in [-0.39, 0.29) is 12.2 Å². The summed E-state index contributed by atoms with van der Waals surface area (Å²) < 4.78 is 30.8. The zero-order chi connectivity index (χ0) is 17.7. The van der Waals surface area contributed by atoms with Gasteiger partial charge in [-0.05, 0) is 32.0 Å². The van der Waals surface area contributed by atoms with Crippen molar-refractivity contribution in [3.8, 4) is 5.88 Å². The van der Waals surface area contributed by atoms with Gasteiger partial charge in [0.15, 0.2) is 0 Å². The number of anilines is 1. The standard InChI is InChI=1S/C16H19F2N5O/c1-10-3-8-15(22-21-10)24-9-14(11(2)19)23(20)13-6-4-12(5-7-13)16(17)18/h3-8,16H,9,19-20H2,1-2H3/b14-11-. The molecule has 0 radical (unpaired) electrons. The summed E-state index contributed by atoms with van der Waals surface area (Å²) in [7, 11) is 0. The fourth-order valence-electron chi connectivity index (χ4n) is 1.92. The summed E-state index contributed by atoms with van der Waals surface area (Å²) in [6.07, 6.45) is -2.53.